The molecule has 3 N–H and O–H groups in total. The van der Waals surface area contributed by atoms with Crippen molar-refractivity contribution in [1.29, 1.82) is 5.26 Å². The van der Waals surface area contributed by atoms with E-state index in [4.69, 9.17) is 5.73 Å². The Kier molecular flexibility index (Phi) is 6.82. The zero-order valence-electron chi connectivity index (χ0n) is 15.4. The van der Waals surface area contributed by atoms with E-state index in [2.05, 4.69) is 15.3 Å². The second kappa shape index (κ2) is 8.79. The SMILES string of the molecule is C.C[C@H]1C[C@@H](NC(=O)C(N)C(F)(F)F)CN(c2c(F)cc(C#N)c3nccnc23)C1. The Balaban J connectivity index is 0.00000320. The fourth-order valence-electron chi connectivity index (χ4n) is 3.55. The molecular formula is C19H22F4N6O. The predicted molar refractivity (Wildman–Crippen MR) is 103 cm³/mol. The molecule has 1 unspecified atom stereocenters. The third-order valence-electron chi connectivity index (χ3n) is 4.75. The standard InChI is InChI=1S/C18H18F4N6O.CH4/c1-9-4-11(27-17(29)16(24)18(20,21)22)8-28(7-9)15-12(19)5-10(6-23)13-14(15)26-3-2-25-13;/h2-3,5,9,11,16H,4,7-8,24H2,1H3,(H,27,29);1H4/t9-,11+,16?;/m0./s1. The summed E-state index contributed by atoms with van der Waals surface area (Å²) in [5.41, 5.74) is 5.49. The Morgan fingerprint density at radius 2 is 1.97 bits per heavy atom. The number of nitriles is 1. The number of anilines is 1. The number of aromatic nitrogens is 2. The first-order valence-electron chi connectivity index (χ1n) is 8.82. The molecule has 1 saturated heterocycles. The van der Waals surface area contributed by atoms with Crippen molar-refractivity contribution in [1.82, 2.24) is 15.3 Å². The Bertz CT molecular complexity index is 974. The maximum atomic E-state index is 14.8. The molecule has 1 aromatic heterocycles. The van der Waals surface area contributed by atoms with E-state index in [-0.39, 0.29) is 42.2 Å². The Hall–Kier alpha value is -3.00. The van der Waals surface area contributed by atoms with Gasteiger partial charge in [0.25, 0.3) is 0 Å². The van der Waals surface area contributed by atoms with Gasteiger partial charge in [-0.15, -0.1) is 0 Å². The predicted octanol–water partition coefficient (Wildman–Crippen LogP) is 2.50. The second-order valence-corrected chi connectivity index (χ2v) is 7.09. The van der Waals surface area contributed by atoms with Gasteiger partial charge in [0.1, 0.15) is 28.6 Å². The van der Waals surface area contributed by atoms with Crippen molar-refractivity contribution in [2.24, 2.45) is 11.7 Å². The first kappa shape index (κ1) is 23.3. The monoisotopic (exact) mass is 426 g/mol. The summed E-state index contributed by atoms with van der Waals surface area (Å²) in [5, 5.41) is 11.5. The molecule has 0 radical (unpaired) electrons. The van der Waals surface area contributed by atoms with Crippen LogP contribution in [0.2, 0.25) is 0 Å². The number of nitrogens with zero attached hydrogens (tertiary/aromatic N) is 4. The van der Waals surface area contributed by atoms with Gasteiger partial charge in [-0.1, -0.05) is 14.4 Å². The minimum Gasteiger partial charge on any atom is -0.365 e. The number of hydrogen-bond acceptors (Lipinski definition) is 6. The number of nitrogens with one attached hydrogen (secondary N) is 1. The van der Waals surface area contributed by atoms with Crippen LogP contribution >= 0.6 is 0 Å². The van der Waals surface area contributed by atoms with Crippen LogP contribution in [0.5, 0.6) is 0 Å². The largest absolute Gasteiger partial charge is 0.412 e. The van der Waals surface area contributed by atoms with Crippen LogP contribution in [-0.2, 0) is 4.79 Å². The van der Waals surface area contributed by atoms with Crippen LogP contribution in [0.1, 0.15) is 26.3 Å². The van der Waals surface area contributed by atoms with E-state index in [1.54, 1.807) is 4.90 Å². The lowest BCUT2D eigenvalue weighted by Crippen LogP contribution is -2.57. The summed E-state index contributed by atoms with van der Waals surface area (Å²) in [5.74, 6) is -2.08. The number of piperidine rings is 1. The van der Waals surface area contributed by atoms with Crippen molar-refractivity contribution in [2.75, 3.05) is 18.0 Å². The van der Waals surface area contributed by atoms with Gasteiger partial charge >= 0.3 is 6.18 Å². The van der Waals surface area contributed by atoms with Crippen LogP contribution in [-0.4, -0.2) is 47.2 Å². The molecule has 7 nitrogen and oxygen atoms in total. The van der Waals surface area contributed by atoms with Gasteiger partial charge in [0.15, 0.2) is 6.04 Å². The van der Waals surface area contributed by atoms with E-state index in [1.165, 1.54) is 12.4 Å². The van der Waals surface area contributed by atoms with Gasteiger partial charge in [-0.3, -0.25) is 14.8 Å². The Labute approximate surface area is 170 Å². The van der Waals surface area contributed by atoms with Gasteiger partial charge in [0.2, 0.25) is 5.91 Å². The van der Waals surface area contributed by atoms with E-state index in [0.29, 0.717) is 13.0 Å². The molecule has 11 heteroatoms. The van der Waals surface area contributed by atoms with Crippen LogP contribution in [0.15, 0.2) is 18.5 Å². The highest BCUT2D eigenvalue weighted by Gasteiger charge is 2.43. The fourth-order valence-corrected chi connectivity index (χ4v) is 3.55. The van der Waals surface area contributed by atoms with E-state index >= 15 is 0 Å². The molecule has 1 aromatic carbocycles. The highest BCUT2D eigenvalue weighted by atomic mass is 19.4. The molecule has 1 aliphatic heterocycles. The molecule has 30 heavy (non-hydrogen) atoms. The van der Waals surface area contributed by atoms with Gasteiger partial charge in [0, 0.05) is 31.5 Å². The van der Waals surface area contributed by atoms with Crippen molar-refractivity contribution in [3.05, 3.63) is 29.8 Å². The van der Waals surface area contributed by atoms with Crippen LogP contribution in [0.25, 0.3) is 11.0 Å². The third kappa shape index (κ3) is 4.59. The van der Waals surface area contributed by atoms with Gasteiger partial charge in [-0.25, -0.2) is 4.39 Å². The van der Waals surface area contributed by atoms with Crippen molar-refractivity contribution in [3.8, 4) is 6.07 Å². The van der Waals surface area contributed by atoms with Crippen LogP contribution in [0.3, 0.4) is 0 Å². The number of amides is 1. The van der Waals surface area contributed by atoms with Crippen LogP contribution < -0.4 is 16.0 Å². The summed E-state index contributed by atoms with van der Waals surface area (Å²) in [4.78, 5) is 21.7. The molecule has 2 aromatic rings. The minimum absolute atomic E-state index is 0. The number of alkyl halides is 3. The zero-order chi connectivity index (χ0) is 21.3. The molecule has 3 atom stereocenters. The molecule has 0 spiro atoms. The molecule has 162 valence electrons. The summed E-state index contributed by atoms with van der Waals surface area (Å²) < 4.78 is 52.9. The maximum absolute atomic E-state index is 14.8. The van der Waals surface area contributed by atoms with Crippen molar-refractivity contribution < 1.29 is 22.4 Å². The molecule has 0 bridgehead atoms. The minimum atomic E-state index is -4.85. The van der Waals surface area contributed by atoms with Crippen LogP contribution in [0, 0.1) is 23.1 Å². The first-order chi connectivity index (χ1) is 13.6. The van der Waals surface area contributed by atoms with Crippen LogP contribution in [0.4, 0.5) is 23.2 Å². The Morgan fingerprint density at radius 1 is 1.33 bits per heavy atom. The fraction of sp³-hybridized carbons (Fsp3) is 0.474. The van der Waals surface area contributed by atoms with Gasteiger partial charge in [-0.05, 0) is 18.4 Å². The van der Waals surface area contributed by atoms with Gasteiger partial charge in [-0.2, -0.15) is 18.4 Å². The normalized spacial score (nSPS) is 20.2. The Morgan fingerprint density at radius 3 is 2.57 bits per heavy atom. The summed E-state index contributed by atoms with van der Waals surface area (Å²) in [6, 6.07) is -0.371. The average molecular weight is 426 g/mol. The van der Waals surface area contributed by atoms with E-state index in [9.17, 15) is 27.6 Å². The molecule has 0 saturated carbocycles. The average Bonchev–Trinajstić information content (AvgIpc) is 2.65. The number of nitrogens with two attached hydrogens (primary N) is 1. The lowest BCUT2D eigenvalue weighted by molar-refractivity contribution is -0.163. The van der Waals surface area contributed by atoms with Gasteiger partial charge in [0.05, 0.1) is 5.56 Å². The lowest BCUT2D eigenvalue weighted by Gasteiger charge is -2.39. The highest BCUT2D eigenvalue weighted by Crippen LogP contribution is 2.33. The van der Waals surface area contributed by atoms with Crippen molar-refractivity contribution >= 4 is 22.6 Å². The molecule has 2 heterocycles. The lowest BCUT2D eigenvalue weighted by atomic mass is 9.94. The molecule has 1 aliphatic rings. The molecule has 3 rings (SSSR count). The summed E-state index contributed by atoms with van der Waals surface area (Å²) in [6.45, 7) is 2.30. The number of halogens is 4. The summed E-state index contributed by atoms with van der Waals surface area (Å²) in [7, 11) is 0. The quantitative estimate of drug-likeness (QED) is 0.731. The van der Waals surface area contributed by atoms with Gasteiger partial charge < -0.3 is 16.0 Å². The number of carbonyl (C=O) groups is 1. The number of fused-ring (bicyclic) bond motifs is 1. The summed E-state index contributed by atoms with van der Waals surface area (Å²) in [6.07, 6.45) is -1.70. The smallest absolute Gasteiger partial charge is 0.365 e. The van der Waals surface area contributed by atoms with E-state index in [1.807, 2.05) is 13.0 Å². The van der Waals surface area contributed by atoms with E-state index in [0.717, 1.165) is 6.07 Å². The second-order valence-electron chi connectivity index (χ2n) is 7.09. The molecule has 1 amide bonds. The number of rotatable bonds is 3. The molecule has 1 fully saturated rings. The highest BCUT2D eigenvalue weighted by molar-refractivity contribution is 5.92. The topological polar surface area (TPSA) is 108 Å². The number of carbonyl (C=O) groups excluding carboxylic acids is 1. The summed E-state index contributed by atoms with van der Waals surface area (Å²) >= 11 is 0. The molecule has 0 aliphatic carbocycles. The first-order valence-corrected chi connectivity index (χ1v) is 8.82. The number of benzene rings is 1. The maximum Gasteiger partial charge on any atom is 0.412 e. The third-order valence-corrected chi connectivity index (χ3v) is 4.75. The van der Waals surface area contributed by atoms with Crippen molar-refractivity contribution in [3.63, 3.8) is 0 Å². The molecular weight excluding hydrogens is 404 g/mol. The van der Waals surface area contributed by atoms with Crippen molar-refractivity contribution in [2.45, 2.75) is 39.0 Å². The van der Waals surface area contributed by atoms with E-state index < -0.39 is 30.0 Å². The number of hydrogen-bond donors (Lipinski definition) is 2. The zero-order valence-corrected chi connectivity index (χ0v) is 15.4.